The molecule has 0 saturated carbocycles. The molecule has 0 N–H and O–H groups in total. The van der Waals surface area contributed by atoms with Crippen molar-refractivity contribution in [2.24, 2.45) is 7.05 Å². The van der Waals surface area contributed by atoms with Crippen molar-refractivity contribution in [3.63, 3.8) is 0 Å². The Morgan fingerprint density at radius 1 is 1.06 bits per heavy atom. The van der Waals surface area contributed by atoms with Gasteiger partial charge in [0, 0.05) is 18.2 Å². The van der Waals surface area contributed by atoms with Crippen molar-refractivity contribution in [1.29, 1.82) is 0 Å². The number of rotatable bonds is 0. The lowest BCUT2D eigenvalue weighted by molar-refractivity contribution is 0.0812. The Labute approximate surface area is 90.7 Å². The summed E-state index contributed by atoms with van der Waals surface area (Å²) in [6.07, 6.45) is 0. The Morgan fingerprint density at radius 3 is 2.50 bits per heavy atom. The van der Waals surface area contributed by atoms with Gasteiger partial charge >= 0.3 is 0 Å². The smallest absolute Gasteiger partial charge is 0.256 e. The van der Waals surface area contributed by atoms with Crippen LogP contribution in [0.25, 0.3) is 11.3 Å². The van der Waals surface area contributed by atoms with Crippen molar-refractivity contribution in [2.75, 3.05) is 0 Å². The highest BCUT2D eigenvalue weighted by atomic mass is 16.2. The molecule has 0 radical (unpaired) electrons. The second-order valence-corrected chi connectivity index (χ2v) is 3.61. The number of hydrogen-bond donors (Lipinski definition) is 0. The third-order valence-corrected chi connectivity index (χ3v) is 2.67. The molecular weight excluding hydrogens is 206 g/mol. The molecule has 0 saturated heterocycles. The molecule has 0 spiro atoms. The first-order valence-corrected chi connectivity index (χ1v) is 4.78. The van der Waals surface area contributed by atoms with Crippen LogP contribution in [0.15, 0.2) is 24.3 Å². The average molecular weight is 213 g/mol. The molecule has 3 rings (SSSR count). The summed E-state index contributed by atoms with van der Waals surface area (Å²) in [5, 5.41) is 7.50. The number of carbonyl (C=O) groups is 2. The second kappa shape index (κ2) is 2.85. The molecule has 1 aliphatic rings. The topological polar surface area (TPSA) is 64.8 Å². The lowest BCUT2D eigenvalue weighted by Crippen LogP contribution is -2.21. The van der Waals surface area contributed by atoms with Gasteiger partial charge in [-0.1, -0.05) is 29.5 Å². The molecule has 0 unspecified atom stereocenters. The fraction of sp³-hybridized carbons (Fsp3) is 0.0909. The molecule has 0 amide bonds. The van der Waals surface area contributed by atoms with Gasteiger partial charge in [-0.2, -0.15) is 0 Å². The normalized spacial score (nSPS) is 13.6. The van der Waals surface area contributed by atoms with E-state index in [1.165, 1.54) is 4.68 Å². The van der Waals surface area contributed by atoms with Gasteiger partial charge < -0.3 is 0 Å². The molecule has 16 heavy (non-hydrogen) atoms. The molecule has 0 fully saturated rings. The molecule has 1 aliphatic carbocycles. The van der Waals surface area contributed by atoms with E-state index in [4.69, 9.17) is 0 Å². The minimum absolute atomic E-state index is 0.145. The number of ketones is 2. The van der Waals surface area contributed by atoms with Gasteiger partial charge in [-0.05, 0) is 0 Å². The fourth-order valence-electron chi connectivity index (χ4n) is 1.93. The van der Waals surface area contributed by atoms with Gasteiger partial charge in [-0.25, -0.2) is 4.68 Å². The number of fused-ring (bicyclic) bond motifs is 3. The number of carbonyl (C=O) groups excluding carboxylic acids is 2. The van der Waals surface area contributed by atoms with E-state index in [1.807, 2.05) is 6.07 Å². The predicted molar refractivity (Wildman–Crippen MR) is 55.1 cm³/mol. The average Bonchev–Trinajstić information content (AvgIpc) is 2.69. The van der Waals surface area contributed by atoms with E-state index in [0.717, 1.165) is 5.56 Å². The summed E-state index contributed by atoms with van der Waals surface area (Å²) >= 11 is 0. The number of nitrogens with zero attached hydrogens (tertiary/aromatic N) is 3. The molecule has 0 bridgehead atoms. The maximum atomic E-state index is 11.8. The van der Waals surface area contributed by atoms with Crippen LogP contribution in [0.1, 0.15) is 20.8 Å². The summed E-state index contributed by atoms with van der Waals surface area (Å²) < 4.78 is 1.51. The van der Waals surface area contributed by atoms with E-state index >= 15 is 0 Å². The maximum Gasteiger partial charge on any atom is 0.256 e. The van der Waals surface area contributed by atoms with Gasteiger partial charge in [-0.3, -0.25) is 9.59 Å². The lowest BCUT2D eigenvalue weighted by Gasteiger charge is -2.13. The summed E-state index contributed by atoms with van der Waals surface area (Å²) in [5.41, 5.74) is 1.89. The van der Waals surface area contributed by atoms with Crippen LogP contribution < -0.4 is 0 Å². The molecule has 1 aromatic heterocycles. The SMILES string of the molecule is Cn1nnc2c1-c1ccccc1C(=O)C2=O. The summed E-state index contributed by atoms with van der Waals surface area (Å²) in [6, 6.07) is 6.99. The van der Waals surface area contributed by atoms with E-state index in [-0.39, 0.29) is 5.69 Å². The molecule has 0 aliphatic heterocycles. The first-order valence-electron chi connectivity index (χ1n) is 4.78. The van der Waals surface area contributed by atoms with Gasteiger partial charge in [0.2, 0.25) is 5.78 Å². The van der Waals surface area contributed by atoms with Crippen molar-refractivity contribution < 1.29 is 9.59 Å². The number of Topliss-reactive ketones (excluding diaryl/α,β-unsaturated/α-hetero) is 2. The summed E-state index contributed by atoms with van der Waals surface area (Å²) in [7, 11) is 1.70. The quantitative estimate of drug-likeness (QED) is 0.609. The van der Waals surface area contributed by atoms with Crippen LogP contribution in [0, 0.1) is 0 Å². The van der Waals surface area contributed by atoms with Crippen molar-refractivity contribution in [3.8, 4) is 11.3 Å². The molecule has 1 heterocycles. The number of aryl methyl sites for hydroxylation is 1. The Kier molecular flexibility index (Phi) is 1.60. The van der Waals surface area contributed by atoms with Gasteiger partial charge in [0.25, 0.3) is 5.78 Å². The van der Waals surface area contributed by atoms with Crippen molar-refractivity contribution in [1.82, 2.24) is 15.0 Å². The molecule has 2 aromatic rings. The summed E-state index contributed by atoms with van der Waals surface area (Å²) in [6.45, 7) is 0. The number of benzene rings is 1. The minimum Gasteiger partial charge on any atom is -0.285 e. The third-order valence-electron chi connectivity index (χ3n) is 2.67. The van der Waals surface area contributed by atoms with Crippen LogP contribution in [0.4, 0.5) is 0 Å². The van der Waals surface area contributed by atoms with Crippen molar-refractivity contribution in [2.45, 2.75) is 0 Å². The van der Waals surface area contributed by atoms with Crippen LogP contribution >= 0.6 is 0 Å². The highest BCUT2D eigenvalue weighted by Gasteiger charge is 2.34. The third kappa shape index (κ3) is 0.942. The zero-order valence-corrected chi connectivity index (χ0v) is 8.47. The lowest BCUT2D eigenvalue weighted by atomic mass is 9.90. The minimum atomic E-state index is -0.582. The second-order valence-electron chi connectivity index (χ2n) is 3.61. The van der Waals surface area contributed by atoms with Gasteiger partial charge in [-0.15, -0.1) is 5.10 Å². The van der Waals surface area contributed by atoms with E-state index in [2.05, 4.69) is 10.3 Å². The Bertz CT molecular complexity index is 628. The van der Waals surface area contributed by atoms with Crippen LogP contribution in [0.5, 0.6) is 0 Å². The van der Waals surface area contributed by atoms with Crippen molar-refractivity contribution in [3.05, 3.63) is 35.5 Å². The molecular formula is C11H7N3O2. The van der Waals surface area contributed by atoms with Gasteiger partial charge in [0.05, 0.1) is 0 Å². The largest absolute Gasteiger partial charge is 0.285 e. The van der Waals surface area contributed by atoms with Crippen LogP contribution in [-0.2, 0) is 7.05 Å². The van der Waals surface area contributed by atoms with Crippen LogP contribution in [-0.4, -0.2) is 26.6 Å². The fourth-order valence-corrected chi connectivity index (χ4v) is 1.93. The molecule has 5 nitrogen and oxygen atoms in total. The van der Waals surface area contributed by atoms with E-state index in [0.29, 0.717) is 11.3 Å². The zero-order chi connectivity index (χ0) is 11.3. The zero-order valence-electron chi connectivity index (χ0n) is 8.47. The molecule has 5 heteroatoms. The Hall–Kier alpha value is -2.30. The van der Waals surface area contributed by atoms with E-state index in [9.17, 15) is 9.59 Å². The van der Waals surface area contributed by atoms with Gasteiger partial charge in [0.1, 0.15) is 5.69 Å². The monoisotopic (exact) mass is 213 g/mol. The van der Waals surface area contributed by atoms with Crippen LogP contribution in [0.2, 0.25) is 0 Å². The number of hydrogen-bond acceptors (Lipinski definition) is 4. The highest BCUT2D eigenvalue weighted by Crippen LogP contribution is 2.31. The summed E-state index contributed by atoms with van der Waals surface area (Å²) in [4.78, 5) is 23.5. The van der Waals surface area contributed by atoms with Gasteiger partial charge in [0.15, 0.2) is 5.69 Å². The summed E-state index contributed by atoms with van der Waals surface area (Å²) in [5.74, 6) is -1.09. The predicted octanol–water partition coefficient (Wildman–Crippen LogP) is 0.861. The molecule has 78 valence electrons. The van der Waals surface area contributed by atoms with E-state index in [1.54, 1.807) is 25.2 Å². The molecule has 1 aromatic carbocycles. The Balaban J connectivity index is 2.44. The maximum absolute atomic E-state index is 11.8. The first-order chi connectivity index (χ1) is 7.70. The molecule has 0 atom stereocenters. The highest BCUT2D eigenvalue weighted by molar-refractivity contribution is 6.52. The standard InChI is InChI=1S/C11H7N3O2/c1-14-9-6-4-2-3-5-7(6)10(15)11(16)8(9)12-13-14/h2-5H,1H3. The van der Waals surface area contributed by atoms with Crippen LogP contribution in [0.3, 0.4) is 0 Å². The van der Waals surface area contributed by atoms with Crippen molar-refractivity contribution >= 4 is 11.6 Å². The van der Waals surface area contributed by atoms with E-state index < -0.39 is 11.6 Å². The number of aromatic nitrogens is 3. The Morgan fingerprint density at radius 2 is 1.75 bits per heavy atom. The first kappa shape index (κ1) is 8.96.